The second-order valence-corrected chi connectivity index (χ2v) is 8.73. The van der Waals surface area contributed by atoms with Gasteiger partial charge in [-0.25, -0.2) is 0 Å². The van der Waals surface area contributed by atoms with Crippen LogP contribution in [0.2, 0.25) is 5.02 Å². The molecule has 0 unspecified atom stereocenters. The molecule has 1 aliphatic carbocycles. The van der Waals surface area contributed by atoms with Crippen LogP contribution in [0.25, 0.3) is 0 Å². The summed E-state index contributed by atoms with van der Waals surface area (Å²) in [4.78, 5) is 25.0. The van der Waals surface area contributed by atoms with E-state index in [1.807, 2.05) is 0 Å². The van der Waals surface area contributed by atoms with E-state index >= 15 is 0 Å². The molecule has 9 heteroatoms. The highest BCUT2D eigenvalue weighted by molar-refractivity contribution is 7.13. The first-order valence-electron chi connectivity index (χ1n) is 10.00. The second-order valence-electron chi connectivity index (χ2n) is 7.23. The maximum Gasteiger partial charge on any atom is 0.286 e. The first-order chi connectivity index (χ1) is 15.1. The fourth-order valence-corrected chi connectivity index (χ4v) is 4.12. The zero-order valence-electron chi connectivity index (χ0n) is 16.6. The van der Waals surface area contributed by atoms with Gasteiger partial charge in [-0.15, -0.1) is 10.2 Å². The van der Waals surface area contributed by atoms with Crippen LogP contribution in [0.1, 0.15) is 50.9 Å². The molecule has 4 rings (SSSR count). The highest BCUT2D eigenvalue weighted by Crippen LogP contribution is 2.20. The number of ether oxygens (including phenoxy) is 1. The largest absolute Gasteiger partial charge is 0.486 e. The maximum atomic E-state index is 12.5. The van der Waals surface area contributed by atoms with Gasteiger partial charge in [-0.3, -0.25) is 9.59 Å². The fraction of sp³-hybridized carbons (Fsp3) is 0.273. The zero-order chi connectivity index (χ0) is 21.6. The van der Waals surface area contributed by atoms with Gasteiger partial charge in [0.1, 0.15) is 12.4 Å². The molecule has 0 bridgehead atoms. The Morgan fingerprint density at radius 3 is 2.61 bits per heavy atom. The molecular weight excluding hydrogens is 436 g/mol. The number of nitrogens with zero attached hydrogens (tertiary/aromatic N) is 2. The van der Waals surface area contributed by atoms with Crippen molar-refractivity contribution < 1.29 is 14.3 Å². The SMILES string of the molecule is O=C(NC1CCCC1)c1cccc(NC(=O)c2nnc(COc3ccc(Cl)cc3)s2)c1. The van der Waals surface area contributed by atoms with Gasteiger partial charge in [0.05, 0.1) is 0 Å². The monoisotopic (exact) mass is 456 g/mol. The number of benzene rings is 2. The lowest BCUT2D eigenvalue weighted by molar-refractivity contribution is 0.0936. The Labute approximate surface area is 188 Å². The minimum absolute atomic E-state index is 0.124. The van der Waals surface area contributed by atoms with Gasteiger partial charge in [0.15, 0.2) is 5.01 Å². The normalized spacial score (nSPS) is 13.7. The molecule has 0 radical (unpaired) electrons. The third-order valence-electron chi connectivity index (χ3n) is 4.91. The van der Waals surface area contributed by atoms with Crippen LogP contribution in [0.15, 0.2) is 48.5 Å². The van der Waals surface area contributed by atoms with E-state index in [4.69, 9.17) is 16.3 Å². The van der Waals surface area contributed by atoms with Crippen LogP contribution in [0.4, 0.5) is 5.69 Å². The Morgan fingerprint density at radius 2 is 1.84 bits per heavy atom. The van der Waals surface area contributed by atoms with E-state index in [-0.39, 0.29) is 29.5 Å². The van der Waals surface area contributed by atoms with Gasteiger partial charge in [-0.2, -0.15) is 0 Å². The lowest BCUT2D eigenvalue weighted by atomic mass is 10.1. The van der Waals surface area contributed by atoms with E-state index in [2.05, 4.69) is 20.8 Å². The molecule has 1 heterocycles. The lowest BCUT2D eigenvalue weighted by Gasteiger charge is -2.12. The summed E-state index contributed by atoms with van der Waals surface area (Å²) in [6.45, 7) is 0.198. The maximum absolute atomic E-state index is 12.5. The summed E-state index contributed by atoms with van der Waals surface area (Å²) in [6, 6.07) is 14.1. The van der Waals surface area contributed by atoms with Crippen LogP contribution in [0, 0.1) is 0 Å². The third kappa shape index (κ3) is 5.80. The molecule has 0 spiro atoms. The second kappa shape index (κ2) is 9.89. The van der Waals surface area contributed by atoms with E-state index in [9.17, 15) is 9.59 Å². The van der Waals surface area contributed by atoms with Crippen LogP contribution in [-0.4, -0.2) is 28.1 Å². The minimum Gasteiger partial charge on any atom is -0.486 e. The molecule has 7 nitrogen and oxygen atoms in total. The number of rotatable bonds is 7. The van der Waals surface area contributed by atoms with Gasteiger partial charge in [0.2, 0.25) is 5.01 Å². The van der Waals surface area contributed by atoms with Crippen molar-refractivity contribution >= 4 is 40.4 Å². The number of carbonyl (C=O) groups excluding carboxylic acids is 2. The van der Waals surface area contributed by atoms with Crippen molar-refractivity contribution in [1.29, 1.82) is 0 Å². The number of halogens is 1. The summed E-state index contributed by atoms with van der Waals surface area (Å²) in [5.74, 6) is 0.141. The van der Waals surface area contributed by atoms with E-state index < -0.39 is 0 Å². The molecule has 1 aliphatic rings. The van der Waals surface area contributed by atoms with Crippen molar-refractivity contribution in [1.82, 2.24) is 15.5 Å². The standard InChI is InChI=1S/C22H21ClN4O3S/c23-15-8-10-18(11-9-15)30-13-19-26-27-22(31-19)21(29)25-17-7-3-4-14(12-17)20(28)24-16-5-1-2-6-16/h3-4,7-12,16H,1-2,5-6,13H2,(H,24,28)(H,25,29). The molecule has 0 saturated heterocycles. The minimum atomic E-state index is -0.386. The van der Waals surface area contributed by atoms with Crippen molar-refractivity contribution in [2.75, 3.05) is 5.32 Å². The Kier molecular flexibility index (Phi) is 6.79. The Hall–Kier alpha value is -2.97. The van der Waals surface area contributed by atoms with E-state index in [1.165, 1.54) is 0 Å². The summed E-state index contributed by atoms with van der Waals surface area (Å²) in [6.07, 6.45) is 4.33. The van der Waals surface area contributed by atoms with Crippen molar-refractivity contribution in [3.8, 4) is 5.75 Å². The Balaban J connectivity index is 1.34. The van der Waals surface area contributed by atoms with E-state index in [0.29, 0.717) is 27.0 Å². The third-order valence-corrected chi connectivity index (χ3v) is 6.06. The Bertz CT molecular complexity index is 1060. The van der Waals surface area contributed by atoms with Crippen LogP contribution in [0.3, 0.4) is 0 Å². The smallest absolute Gasteiger partial charge is 0.286 e. The average molecular weight is 457 g/mol. The van der Waals surface area contributed by atoms with Crippen molar-refractivity contribution in [2.45, 2.75) is 38.3 Å². The van der Waals surface area contributed by atoms with Gasteiger partial charge in [-0.05, 0) is 55.3 Å². The van der Waals surface area contributed by atoms with Gasteiger partial charge in [0, 0.05) is 22.3 Å². The van der Waals surface area contributed by atoms with Crippen molar-refractivity contribution in [2.24, 2.45) is 0 Å². The van der Waals surface area contributed by atoms with E-state index in [0.717, 1.165) is 37.0 Å². The van der Waals surface area contributed by atoms with Crippen molar-refractivity contribution in [3.63, 3.8) is 0 Å². The molecule has 1 saturated carbocycles. The van der Waals surface area contributed by atoms with Crippen LogP contribution >= 0.6 is 22.9 Å². The quantitative estimate of drug-likeness (QED) is 0.537. The predicted octanol–water partition coefficient (Wildman–Crippen LogP) is 4.70. The molecule has 1 aromatic heterocycles. The van der Waals surface area contributed by atoms with Crippen molar-refractivity contribution in [3.05, 3.63) is 69.1 Å². The number of anilines is 1. The molecule has 0 aliphatic heterocycles. The number of aromatic nitrogens is 2. The van der Waals surface area contributed by atoms with Crippen LogP contribution in [-0.2, 0) is 6.61 Å². The molecular formula is C22H21ClN4O3S. The number of amides is 2. The van der Waals surface area contributed by atoms with Gasteiger partial charge in [-0.1, -0.05) is 41.8 Å². The van der Waals surface area contributed by atoms with Gasteiger partial charge < -0.3 is 15.4 Å². The summed E-state index contributed by atoms with van der Waals surface area (Å²) in [5.41, 5.74) is 1.04. The topological polar surface area (TPSA) is 93.2 Å². The molecule has 160 valence electrons. The molecule has 31 heavy (non-hydrogen) atoms. The molecule has 3 aromatic rings. The molecule has 0 atom stereocenters. The summed E-state index contributed by atoms with van der Waals surface area (Å²) >= 11 is 7.01. The molecule has 1 fully saturated rings. The molecule has 2 N–H and O–H groups in total. The fourth-order valence-electron chi connectivity index (χ4n) is 3.34. The van der Waals surface area contributed by atoms with Crippen LogP contribution < -0.4 is 15.4 Å². The van der Waals surface area contributed by atoms with E-state index in [1.54, 1.807) is 48.5 Å². The lowest BCUT2D eigenvalue weighted by Crippen LogP contribution is -2.32. The summed E-state index contributed by atoms with van der Waals surface area (Å²) < 4.78 is 5.63. The average Bonchev–Trinajstić information content (AvgIpc) is 3.46. The molecule has 2 aromatic carbocycles. The molecule has 2 amide bonds. The summed E-state index contributed by atoms with van der Waals surface area (Å²) in [5, 5.41) is 15.2. The highest BCUT2D eigenvalue weighted by Gasteiger charge is 2.19. The first-order valence-corrected chi connectivity index (χ1v) is 11.2. The van der Waals surface area contributed by atoms with Gasteiger partial charge in [0.25, 0.3) is 11.8 Å². The van der Waals surface area contributed by atoms with Gasteiger partial charge >= 0.3 is 0 Å². The number of carbonyl (C=O) groups is 2. The zero-order valence-corrected chi connectivity index (χ0v) is 18.2. The van der Waals surface area contributed by atoms with Crippen LogP contribution in [0.5, 0.6) is 5.75 Å². The highest BCUT2D eigenvalue weighted by atomic mass is 35.5. The number of nitrogens with one attached hydrogen (secondary N) is 2. The first kappa shape index (κ1) is 21.3. The predicted molar refractivity (Wildman–Crippen MR) is 120 cm³/mol. The number of hydrogen-bond acceptors (Lipinski definition) is 6. The summed E-state index contributed by atoms with van der Waals surface area (Å²) in [7, 11) is 0. The Morgan fingerprint density at radius 1 is 1.06 bits per heavy atom. The number of hydrogen-bond donors (Lipinski definition) is 2.